The summed E-state index contributed by atoms with van der Waals surface area (Å²) in [6, 6.07) is 6.38. The molecule has 2 aromatic heterocycles. The van der Waals surface area contributed by atoms with Crippen LogP contribution in [0.15, 0.2) is 24.4 Å². The highest BCUT2D eigenvalue weighted by atomic mass is 16.1. The monoisotopic (exact) mass is 381 g/mol. The molecule has 1 aliphatic rings. The fraction of sp³-hybridized carbons (Fsp3) is 0.583. The topological polar surface area (TPSA) is 60.9 Å². The number of hydrogen-bond acceptors (Lipinski definition) is 2. The molecule has 2 N–H and O–H groups in total. The van der Waals surface area contributed by atoms with Crippen LogP contribution in [-0.4, -0.2) is 15.5 Å². The molecule has 3 rings (SSSR count). The van der Waals surface area contributed by atoms with Gasteiger partial charge in [-0.2, -0.15) is 0 Å². The molecule has 0 radical (unpaired) electrons. The average Bonchev–Trinajstić information content (AvgIpc) is 2.95. The van der Waals surface area contributed by atoms with Crippen LogP contribution in [0.25, 0.3) is 11.3 Å². The quantitative estimate of drug-likeness (QED) is 0.600. The molecule has 152 valence electrons. The zero-order valence-corrected chi connectivity index (χ0v) is 17.5. The minimum Gasteiger partial charge on any atom is -0.366 e. The Morgan fingerprint density at radius 2 is 1.86 bits per heavy atom. The molecule has 28 heavy (non-hydrogen) atoms. The van der Waals surface area contributed by atoms with Gasteiger partial charge in [0.15, 0.2) is 0 Å². The van der Waals surface area contributed by atoms with Crippen LogP contribution in [0, 0.1) is 6.92 Å². The summed E-state index contributed by atoms with van der Waals surface area (Å²) in [5.74, 6) is -0.334. The molecule has 4 heteroatoms. The number of amides is 1. The second kappa shape index (κ2) is 9.90. The van der Waals surface area contributed by atoms with Crippen LogP contribution in [0.1, 0.15) is 98.9 Å². The number of rotatable bonds is 7. The highest BCUT2D eigenvalue weighted by molar-refractivity contribution is 6.01. The highest BCUT2D eigenvalue weighted by Gasteiger charge is 2.28. The summed E-state index contributed by atoms with van der Waals surface area (Å²) in [6.07, 6.45) is 15.2. The van der Waals surface area contributed by atoms with Crippen molar-refractivity contribution in [3.8, 4) is 11.3 Å². The molecule has 2 heterocycles. The van der Waals surface area contributed by atoms with Crippen LogP contribution in [0.4, 0.5) is 0 Å². The summed E-state index contributed by atoms with van der Waals surface area (Å²) in [4.78, 5) is 17.1. The van der Waals surface area contributed by atoms with Gasteiger partial charge in [-0.1, -0.05) is 57.9 Å². The Morgan fingerprint density at radius 3 is 2.46 bits per heavy atom. The van der Waals surface area contributed by atoms with Gasteiger partial charge in [0.05, 0.1) is 11.3 Å². The van der Waals surface area contributed by atoms with Gasteiger partial charge in [-0.3, -0.25) is 9.78 Å². The first-order valence-electron chi connectivity index (χ1n) is 11.1. The Labute approximate surface area is 169 Å². The van der Waals surface area contributed by atoms with Crippen molar-refractivity contribution in [1.29, 1.82) is 0 Å². The van der Waals surface area contributed by atoms with Crippen LogP contribution in [0.3, 0.4) is 0 Å². The van der Waals surface area contributed by atoms with E-state index < -0.39 is 0 Å². The standard InChI is InChI=1S/C24H35N3O/c1-3-4-8-16-21-23(20-15-11-12-17-26-20)22(24(25)28)18(2)27(21)19-13-9-6-5-7-10-14-19/h11-12,15,17,19H,3-10,13-14,16H2,1-2H3,(H2,25,28). The third-order valence-electron chi connectivity index (χ3n) is 6.18. The maximum atomic E-state index is 12.5. The Kier molecular flexibility index (Phi) is 7.30. The number of primary amides is 1. The largest absolute Gasteiger partial charge is 0.366 e. The van der Waals surface area contributed by atoms with E-state index in [0.717, 1.165) is 29.8 Å². The molecule has 4 nitrogen and oxygen atoms in total. The van der Waals surface area contributed by atoms with Gasteiger partial charge < -0.3 is 10.3 Å². The maximum absolute atomic E-state index is 12.5. The van der Waals surface area contributed by atoms with E-state index in [-0.39, 0.29) is 5.91 Å². The molecule has 2 aromatic rings. The van der Waals surface area contributed by atoms with Crippen LogP contribution in [-0.2, 0) is 6.42 Å². The molecule has 1 amide bonds. The van der Waals surface area contributed by atoms with Crippen LogP contribution in [0.2, 0.25) is 0 Å². The van der Waals surface area contributed by atoms with Crippen molar-refractivity contribution in [1.82, 2.24) is 9.55 Å². The highest BCUT2D eigenvalue weighted by Crippen LogP contribution is 2.38. The molecule has 0 saturated heterocycles. The van der Waals surface area contributed by atoms with Gasteiger partial charge in [0, 0.05) is 29.2 Å². The van der Waals surface area contributed by atoms with E-state index in [1.165, 1.54) is 63.5 Å². The van der Waals surface area contributed by atoms with Gasteiger partial charge in [-0.15, -0.1) is 0 Å². The SMILES string of the molecule is CCCCCc1c(-c2ccccn2)c(C(N)=O)c(C)n1C1CCCCCCC1. The van der Waals surface area contributed by atoms with Crippen LogP contribution < -0.4 is 5.73 Å². The van der Waals surface area contributed by atoms with Crippen molar-refractivity contribution in [2.24, 2.45) is 5.73 Å². The normalized spacial score (nSPS) is 15.9. The Bertz CT molecular complexity index is 771. The van der Waals surface area contributed by atoms with Gasteiger partial charge in [-0.05, 0) is 44.7 Å². The van der Waals surface area contributed by atoms with E-state index in [9.17, 15) is 4.79 Å². The van der Waals surface area contributed by atoms with E-state index in [0.29, 0.717) is 11.6 Å². The molecule has 0 aromatic carbocycles. The molecule has 0 bridgehead atoms. The number of nitrogens with zero attached hydrogens (tertiary/aromatic N) is 2. The molecular formula is C24H35N3O. The minimum absolute atomic E-state index is 0.334. The summed E-state index contributed by atoms with van der Waals surface area (Å²) in [6.45, 7) is 4.31. The Hall–Kier alpha value is -2.10. The number of nitrogens with two attached hydrogens (primary N) is 1. The van der Waals surface area contributed by atoms with Gasteiger partial charge in [0.1, 0.15) is 0 Å². The number of pyridine rings is 1. The summed E-state index contributed by atoms with van der Waals surface area (Å²) >= 11 is 0. The van der Waals surface area contributed by atoms with E-state index in [4.69, 9.17) is 5.73 Å². The van der Waals surface area contributed by atoms with E-state index in [1.807, 2.05) is 18.2 Å². The average molecular weight is 382 g/mol. The van der Waals surface area contributed by atoms with Crippen molar-refractivity contribution >= 4 is 5.91 Å². The maximum Gasteiger partial charge on any atom is 0.251 e. The van der Waals surface area contributed by atoms with Gasteiger partial charge >= 0.3 is 0 Å². The van der Waals surface area contributed by atoms with Gasteiger partial charge in [0.2, 0.25) is 0 Å². The van der Waals surface area contributed by atoms with Crippen molar-refractivity contribution in [2.75, 3.05) is 0 Å². The third-order valence-corrected chi connectivity index (χ3v) is 6.18. The van der Waals surface area contributed by atoms with Crippen molar-refractivity contribution in [3.63, 3.8) is 0 Å². The van der Waals surface area contributed by atoms with Gasteiger partial charge in [0.25, 0.3) is 5.91 Å². The summed E-state index contributed by atoms with van der Waals surface area (Å²) in [7, 11) is 0. The third kappa shape index (κ3) is 4.48. The lowest BCUT2D eigenvalue weighted by atomic mass is 9.95. The fourth-order valence-corrected chi connectivity index (χ4v) is 4.83. The summed E-state index contributed by atoms with van der Waals surface area (Å²) in [5, 5.41) is 0. The van der Waals surface area contributed by atoms with Crippen LogP contribution in [0.5, 0.6) is 0 Å². The minimum atomic E-state index is -0.334. The van der Waals surface area contributed by atoms with E-state index >= 15 is 0 Å². The Morgan fingerprint density at radius 1 is 1.14 bits per heavy atom. The summed E-state index contributed by atoms with van der Waals surface area (Å²) < 4.78 is 2.48. The lowest BCUT2D eigenvalue weighted by molar-refractivity contribution is 0.1000. The number of carbonyl (C=O) groups is 1. The summed E-state index contributed by atoms with van der Waals surface area (Å²) in [5.41, 5.74) is 10.7. The smallest absolute Gasteiger partial charge is 0.251 e. The molecule has 1 fully saturated rings. The van der Waals surface area contributed by atoms with E-state index in [2.05, 4.69) is 23.4 Å². The number of aromatic nitrogens is 2. The zero-order valence-electron chi connectivity index (χ0n) is 17.5. The number of hydrogen-bond donors (Lipinski definition) is 1. The first-order valence-corrected chi connectivity index (χ1v) is 11.1. The Balaban J connectivity index is 2.14. The molecule has 0 atom stereocenters. The molecule has 0 aliphatic heterocycles. The molecule has 0 spiro atoms. The van der Waals surface area contributed by atoms with Crippen molar-refractivity contribution in [3.05, 3.63) is 41.3 Å². The fourth-order valence-electron chi connectivity index (χ4n) is 4.83. The first kappa shape index (κ1) is 20.6. The molecule has 0 unspecified atom stereocenters. The lowest BCUT2D eigenvalue weighted by Crippen LogP contribution is -2.17. The zero-order chi connectivity index (χ0) is 19.9. The predicted octanol–water partition coefficient (Wildman–Crippen LogP) is 5.98. The lowest BCUT2D eigenvalue weighted by Gasteiger charge is -2.26. The number of unbranched alkanes of at least 4 members (excludes halogenated alkanes) is 2. The van der Waals surface area contributed by atoms with E-state index in [1.54, 1.807) is 6.20 Å². The molecular weight excluding hydrogens is 346 g/mol. The number of carbonyl (C=O) groups excluding carboxylic acids is 1. The first-order chi connectivity index (χ1) is 13.6. The van der Waals surface area contributed by atoms with Crippen LogP contribution >= 0.6 is 0 Å². The second-order valence-electron chi connectivity index (χ2n) is 8.19. The van der Waals surface area contributed by atoms with Crippen molar-refractivity contribution < 1.29 is 4.79 Å². The predicted molar refractivity (Wildman–Crippen MR) is 116 cm³/mol. The molecule has 1 saturated carbocycles. The van der Waals surface area contributed by atoms with Gasteiger partial charge in [-0.25, -0.2) is 0 Å². The van der Waals surface area contributed by atoms with Crippen molar-refractivity contribution in [2.45, 2.75) is 90.5 Å². The molecule has 1 aliphatic carbocycles. The second-order valence-corrected chi connectivity index (χ2v) is 8.19.